The summed E-state index contributed by atoms with van der Waals surface area (Å²) in [5.74, 6) is 1.57. The number of halogens is 3. The van der Waals surface area contributed by atoms with Crippen LogP contribution in [0.5, 0.6) is 0 Å². The molecule has 0 bridgehead atoms. The van der Waals surface area contributed by atoms with Gasteiger partial charge in [-0.25, -0.2) is 12.1 Å². The van der Waals surface area contributed by atoms with E-state index in [4.69, 9.17) is 25.5 Å². The topological polar surface area (TPSA) is 0 Å². The fourth-order valence-corrected chi connectivity index (χ4v) is 2.22. The maximum Gasteiger partial charge on any atom is -0.172 e. The Bertz CT molecular complexity index is 175. The first-order valence-electron chi connectivity index (χ1n) is 4.80. The van der Waals surface area contributed by atoms with Crippen molar-refractivity contribution in [3.63, 3.8) is 0 Å². The molecule has 16 heavy (non-hydrogen) atoms. The number of rotatable bonds is 2. The van der Waals surface area contributed by atoms with E-state index in [-0.39, 0.29) is 0 Å². The van der Waals surface area contributed by atoms with Crippen LogP contribution in [0.25, 0.3) is 0 Å². The quantitative estimate of drug-likeness (QED) is 0.449. The summed E-state index contributed by atoms with van der Waals surface area (Å²) in [6, 6.07) is 10.0. The second kappa shape index (κ2) is 14.6. The minimum absolute atomic E-state index is 0.323. The van der Waals surface area contributed by atoms with Crippen LogP contribution in [0.3, 0.4) is 0 Å². The van der Waals surface area contributed by atoms with E-state index < -0.39 is 18.2 Å². The van der Waals surface area contributed by atoms with Crippen molar-refractivity contribution in [2.24, 2.45) is 0 Å². The minimum Gasteiger partial charge on any atom is -0.214 e. The first kappa shape index (κ1) is 19.9. The molecule has 1 rings (SSSR count). The molecule has 0 atom stereocenters. The molecule has 95 valence electrons. The third-order valence-corrected chi connectivity index (χ3v) is 2.45. The van der Waals surface area contributed by atoms with Gasteiger partial charge in [0, 0.05) is 0 Å². The molecule has 0 spiro atoms. The predicted molar refractivity (Wildman–Crippen MR) is 77.8 cm³/mol. The van der Waals surface area contributed by atoms with Gasteiger partial charge in [-0.3, -0.25) is 0 Å². The molecule has 0 nitrogen and oxygen atoms in total. The normalized spacial score (nSPS) is 9.06. The van der Waals surface area contributed by atoms with Crippen molar-refractivity contribution in [2.45, 2.75) is 13.8 Å². The predicted octanol–water partition coefficient (Wildman–Crippen LogP) is 5.81. The summed E-state index contributed by atoms with van der Waals surface area (Å²) in [4.78, 5) is 0. The molecule has 0 aliphatic heterocycles. The Morgan fingerprint density at radius 3 is 1.56 bits per heavy atom. The summed E-state index contributed by atoms with van der Waals surface area (Å²) in [5, 5.41) is 0. The second-order valence-corrected chi connectivity index (χ2v) is 17.3. The summed E-state index contributed by atoms with van der Waals surface area (Å²) >= 11 is -2.13. The first-order chi connectivity index (χ1) is 7.36. The van der Waals surface area contributed by atoms with Crippen LogP contribution < -0.4 is 0 Å². The van der Waals surface area contributed by atoms with Crippen LogP contribution >= 0.6 is 33.5 Å². The number of hydrogen-bond donors (Lipinski definition) is 0. The van der Waals surface area contributed by atoms with Crippen molar-refractivity contribution < 1.29 is 18.2 Å². The zero-order chi connectivity index (χ0) is 13.0. The molecule has 0 N–H and O–H groups in total. The van der Waals surface area contributed by atoms with E-state index in [1.807, 2.05) is 30.3 Å². The van der Waals surface area contributed by atoms with Crippen molar-refractivity contribution in [3.05, 3.63) is 36.2 Å². The van der Waals surface area contributed by atoms with E-state index in [0.29, 0.717) is 7.92 Å². The van der Waals surface area contributed by atoms with Crippen LogP contribution in [0.1, 0.15) is 13.8 Å². The van der Waals surface area contributed by atoms with Gasteiger partial charge in [-0.15, -0.1) is 7.92 Å². The molecule has 5 heteroatoms. The monoisotopic (exact) mass is 377 g/mol. The molecule has 0 saturated heterocycles. The Morgan fingerprint density at radius 1 is 1.12 bits per heavy atom. The molecule has 0 fully saturated rings. The second-order valence-electron chi connectivity index (χ2n) is 3.62. The van der Waals surface area contributed by atoms with Gasteiger partial charge in [0.05, 0.1) is 0 Å². The Balaban J connectivity index is 0. The smallest absolute Gasteiger partial charge is 0.172 e. The Hall–Kier alpha value is 1.53. The van der Waals surface area contributed by atoms with Gasteiger partial charge in [0.15, 0.2) is 0 Å². The van der Waals surface area contributed by atoms with Gasteiger partial charge in [0.25, 0.3) is 0 Å². The van der Waals surface area contributed by atoms with Gasteiger partial charge in [0.1, 0.15) is 0 Å². The van der Waals surface area contributed by atoms with E-state index in [9.17, 15) is 0 Å². The van der Waals surface area contributed by atoms with Crippen molar-refractivity contribution in [1.82, 2.24) is 0 Å². The van der Waals surface area contributed by atoms with Gasteiger partial charge >= 0.3 is 43.7 Å². The van der Waals surface area contributed by atoms with E-state index in [0.717, 1.165) is 0 Å². The summed E-state index contributed by atoms with van der Waals surface area (Å²) < 4.78 is 0. The van der Waals surface area contributed by atoms with Gasteiger partial charge in [-0.05, 0) is 13.3 Å². The van der Waals surface area contributed by atoms with Gasteiger partial charge in [-0.2, -0.15) is 38.2 Å². The summed E-state index contributed by atoms with van der Waals surface area (Å²) in [5.41, 5.74) is 0. The van der Waals surface area contributed by atoms with Crippen LogP contribution in [-0.2, 0) is 18.2 Å². The molecule has 0 heterocycles. The van der Waals surface area contributed by atoms with E-state index >= 15 is 0 Å². The van der Waals surface area contributed by atoms with Gasteiger partial charge in [0.2, 0.25) is 0 Å². The summed E-state index contributed by atoms with van der Waals surface area (Å²) in [6.45, 7) is 9.01. The zero-order valence-corrected chi connectivity index (χ0v) is 15.8. The third-order valence-electron chi connectivity index (χ3n) is 1.19. The molecular formula is C11H19Cl3PZr-2. The Kier molecular flexibility index (Phi) is 18.1. The average Bonchev–Trinajstić information content (AvgIpc) is 2.54. The summed E-state index contributed by atoms with van der Waals surface area (Å²) in [7, 11) is 15.3. The Labute approximate surface area is 120 Å². The van der Waals surface area contributed by atoms with Crippen molar-refractivity contribution in [2.75, 3.05) is 19.5 Å². The van der Waals surface area contributed by atoms with E-state index in [1.54, 1.807) is 5.92 Å². The van der Waals surface area contributed by atoms with Gasteiger partial charge < -0.3 is 5.92 Å². The van der Waals surface area contributed by atoms with E-state index in [1.165, 1.54) is 6.16 Å². The molecule has 0 radical (unpaired) electrons. The zero-order valence-electron chi connectivity index (χ0n) is 10.2. The van der Waals surface area contributed by atoms with Gasteiger partial charge in [-0.1, -0.05) is 0 Å². The first-order valence-corrected chi connectivity index (χ1v) is 16.7. The molecule has 0 aliphatic carbocycles. The van der Waals surface area contributed by atoms with E-state index in [2.05, 4.69) is 27.2 Å². The minimum atomic E-state index is -2.13. The van der Waals surface area contributed by atoms with Crippen molar-refractivity contribution in [3.8, 4) is 0 Å². The number of hydrogen-bond acceptors (Lipinski definition) is 0. The summed E-state index contributed by atoms with van der Waals surface area (Å²) in [6.07, 6.45) is 1.34. The van der Waals surface area contributed by atoms with Crippen LogP contribution in [-0.4, -0.2) is 19.5 Å². The largest absolute Gasteiger partial charge is 0.214 e. The maximum absolute atomic E-state index is 5.00. The molecule has 0 aromatic heterocycles. The van der Waals surface area contributed by atoms with Crippen LogP contribution in [0, 0.1) is 5.92 Å². The fourth-order valence-electron chi connectivity index (χ4n) is 0.953. The molecule has 1 aromatic carbocycles. The molecule has 0 aliphatic rings. The van der Waals surface area contributed by atoms with Crippen LogP contribution in [0.2, 0.25) is 0 Å². The maximum atomic E-state index is 5.00. The fraction of sp³-hybridized carbons (Fsp3) is 0.455. The molecule has 1 aromatic rings. The third kappa shape index (κ3) is 29.6. The Morgan fingerprint density at radius 2 is 1.50 bits per heavy atom. The molecule has 0 amide bonds. The van der Waals surface area contributed by atoms with Crippen LogP contribution in [0.15, 0.2) is 30.3 Å². The van der Waals surface area contributed by atoms with Crippen LogP contribution in [0.4, 0.5) is 0 Å². The van der Waals surface area contributed by atoms with Crippen molar-refractivity contribution >= 4 is 33.5 Å². The SMILES string of the molecule is C[C-](C)CP(C)C.[Cl][Zr]([Cl])[Cl].c1cc[cH-]c1. The average molecular weight is 380 g/mol. The standard InChI is InChI=1S/C6H14P.C5H5.3ClH.Zr/c1-6(2)5-7(3)4;1-2-4-5-3-1;;;;/h5H2,1-4H3;1-5H;3*1H;/q2*-1;;;;+3/p-3. The molecule has 0 unspecified atom stereocenters. The van der Waals surface area contributed by atoms with Crippen molar-refractivity contribution in [1.29, 1.82) is 0 Å². The molecular weight excluding hydrogens is 361 g/mol. The molecule has 0 saturated carbocycles.